The summed E-state index contributed by atoms with van der Waals surface area (Å²) in [4.78, 5) is 8.21. The highest BCUT2D eigenvalue weighted by Gasteiger charge is 2.33. The van der Waals surface area contributed by atoms with Crippen LogP contribution in [-0.2, 0) is 11.8 Å². The highest BCUT2D eigenvalue weighted by molar-refractivity contribution is 5.35. The molecule has 120 valence electrons. The van der Waals surface area contributed by atoms with Gasteiger partial charge < -0.3 is 10.1 Å². The second-order valence-electron chi connectivity index (χ2n) is 5.83. The van der Waals surface area contributed by atoms with Crippen molar-refractivity contribution >= 4 is 5.82 Å². The van der Waals surface area contributed by atoms with E-state index in [2.05, 4.69) is 27.3 Å². The minimum absolute atomic E-state index is 0.0447. The van der Waals surface area contributed by atoms with E-state index in [0.717, 1.165) is 31.0 Å². The van der Waals surface area contributed by atoms with E-state index in [1.54, 1.807) is 6.20 Å². The molecule has 3 heterocycles. The smallest absolute Gasteiger partial charge is 0.161 e. The second kappa shape index (κ2) is 6.34. The van der Waals surface area contributed by atoms with Crippen LogP contribution < -0.4 is 5.32 Å². The van der Waals surface area contributed by atoms with Crippen LogP contribution in [0.2, 0.25) is 0 Å². The van der Waals surface area contributed by atoms with Crippen molar-refractivity contribution < 1.29 is 4.74 Å². The summed E-state index contributed by atoms with van der Waals surface area (Å²) in [5, 5.41) is 16.6. The highest BCUT2D eigenvalue weighted by Crippen LogP contribution is 2.37. The SMILES string of the molecule is Cc1nn(C)c(C)c1[C@H]1OCC[C@@H]1CNc1cncc(C#N)n1. The zero-order chi connectivity index (χ0) is 16.4. The van der Waals surface area contributed by atoms with Crippen LogP contribution in [-0.4, -0.2) is 32.9 Å². The summed E-state index contributed by atoms with van der Waals surface area (Å²) >= 11 is 0. The number of anilines is 1. The summed E-state index contributed by atoms with van der Waals surface area (Å²) in [5.41, 5.74) is 3.67. The minimum Gasteiger partial charge on any atom is -0.373 e. The average molecular weight is 312 g/mol. The Morgan fingerprint density at radius 3 is 2.96 bits per heavy atom. The monoisotopic (exact) mass is 312 g/mol. The Bertz CT molecular complexity index is 748. The lowest BCUT2D eigenvalue weighted by molar-refractivity contribution is 0.0922. The molecule has 1 aliphatic heterocycles. The first kappa shape index (κ1) is 15.4. The van der Waals surface area contributed by atoms with Gasteiger partial charge in [-0.25, -0.2) is 4.98 Å². The van der Waals surface area contributed by atoms with Crippen molar-refractivity contribution in [3.63, 3.8) is 0 Å². The maximum atomic E-state index is 8.89. The summed E-state index contributed by atoms with van der Waals surface area (Å²) in [7, 11) is 1.96. The molecule has 1 aliphatic rings. The summed E-state index contributed by atoms with van der Waals surface area (Å²) in [6, 6.07) is 2.00. The number of nitrogens with zero attached hydrogens (tertiary/aromatic N) is 5. The van der Waals surface area contributed by atoms with E-state index in [1.165, 1.54) is 11.8 Å². The van der Waals surface area contributed by atoms with E-state index in [9.17, 15) is 0 Å². The van der Waals surface area contributed by atoms with Gasteiger partial charge in [0.2, 0.25) is 0 Å². The van der Waals surface area contributed by atoms with Crippen LogP contribution in [0.15, 0.2) is 12.4 Å². The lowest BCUT2D eigenvalue weighted by Crippen LogP contribution is -2.19. The van der Waals surface area contributed by atoms with Gasteiger partial charge in [-0.2, -0.15) is 10.4 Å². The van der Waals surface area contributed by atoms with Crippen LogP contribution in [0.3, 0.4) is 0 Å². The van der Waals surface area contributed by atoms with Gasteiger partial charge in [0, 0.05) is 37.4 Å². The molecule has 7 heteroatoms. The zero-order valence-corrected chi connectivity index (χ0v) is 13.6. The van der Waals surface area contributed by atoms with Gasteiger partial charge in [-0.05, 0) is 20.3 Å². The van der Waals surface area contributed by atoms with E-state index in [-0.39, 0.29) is 6.10 Å². The fourth-order valence-electron chi connectivity index (χ4n) is 3.10. The van der Waals surface area contributed by atoms with Crippen LogP contribution in [0.25, 0.3) is 0 Å². The molecule has 2 atom stereocenters. The van der Waals surface area contributed by atoms with Crippen molar-refractivity contribution in [1.82, 2.24) is 19.7 Å². The summed E-state index contributed by atoms with van der Waals surface area (Å²) in [5.74, 6) is 0.957. The number of aryl methyl sites for hydroxylation is 2. The van der Waals surface area contributed by atoms with Gasteiger partial charge in [-0.3, -0.25) is 9.67 Å². The number of hydrogen-bond acceptors (Lipinski definition) is 6. The predicted octanol–water partition coefficient (Wildman–Crippen LogP) is 1.89. The number of rotatable bonds is 4. The average Bonchev–Trinajstić information content (AvgIpc) is 3.10. The molecular formula is C16H20N6O. The molecule has 0 unspecified atom stereocenters. The first-order chi connectivity index (χ1) is 11.1. The first-order valence-electron chi connectivity index (χ1n) is 7.68. The van der Waals surface area contributed by atoms with Crippen LogP contribution in [0.4, 0.5) is 5.82 Å². The Morgan fingerprint density at radius 2 is 2.26 bits per heavy atom. The van der Waals surface area contributed by atoms with Crippen LogP contribution >= 0.6 is 0 Å². The maximum absolute atomic E-state index is 8.89. The molecule has 0 amide bonds. The molecule has 0 bridgehead atoms. The fourth-order valence-corrected chi connectivity index (χ4v) is 3.10. The van der Waals surface area contributed by atoms with Gasteiger partial charge in [0.15, 0.2) is 5.69 Å². The fraction of sp³-hybridized carbons (Fsp3) is 0.500. The third-order valence-electron chi connectivity index (χ3n) is 4.36. The molecule has 1 saturated heterocycles. The number of aromatic nitrogens is 4. The van der Waals surface area contributed by atoms with Crippen molar-refractivity contribution in [2.24, 2.45) is 13.0 Å². The number of hydrogen-bond donors (Lipinski definition) is 1. The van der Waals surface area contributed by atoms with Crippen LogP contribution in [0, 0.1) is 31.1 Å². The lowest BCUT2D eigenvalue weighted by atomic mass is 9.94. The summed E-state index contributed by atoms with van der Waals surface area (Å²) < 4.78 is 7.88. The third-order valence-corrected chi connectivity index (χ3v) is 4.36. The second-order valence-corrected chi connectivity index (χ2v) is 5.83. The number of nitriles is 1. The topological polar surface area (TPSA) is 88.6 Å². The van der Waals surface area contributed by atoms with E-state index >= 15 is 0 Å². The molecule has 7 nitrogen and oxygen atoms in total. The molecule has 2 aromatic rings. The van der Waals surface area contributed by atoms with E-state index < -0.39 is 0 Å². The maximum Gasteiger partial charge on any atom is 0.161 e. The molecule has 0 saturated carbocycles. The van der Waals surface area contributed by atoms with E-state index in [1.807, 2.05) is 24.7 Å². The summed E-state index contributed by atoms with van der Waals surface area (Å²) in [6.07, 6.45) is 4.11. The van der Waals surface area contributed by atoms with Crippen molar-refractivity contribution in [1.29, 1.82) is 5.26 Å². The molecule has 1 fully saturated rings. The Balaban J connectivity index is 1.73. The van der Waals surface area contributed by atoms with Gasteiger partial charge in [-0.1, -0.05) is 0 Å². The zero-order valence-electron chi connectivity index (χ0n) is 13.6. The van der Waals surface area contributed by atoms with Crippen molar-refractivity contribution in [2.75, 3.05) is 18.5 Å². The quantitative estimate of drug-likeness (QED) is 0.927. The normalized spacial score (nSPS) is 20.4. The van der Waals surface area contributed by atoms with Gasteiger partial charge in [0.1, 0.15) is 11.9 Å². The van der Waals surface area contributed by atoms with Crippen LogP contribution in [0.1, 0.15) is 35.2 Å². The van der Waals surface area contributed by atoms with Gasteiger partial charge in [0.05, 0.1) is 24.2 Å². The van der Waals surface area contributed by atoms with Gasteiger partial charge >= 0.3 is 0 Å². The van der Waals surface area contributed by atoms with Crippen LogP contribution in [0.5, 0.6) is 0 Å². The molecule has 23 heavy (non-hydrogen) atoms. The Labute approximate surface area is 135 Å². The van der Waals surface area contributed by atoms with E-state index in [4.69, 9.17) is 10.00 Å². The molecule has 0 spiro atoms. The van der Waals surface area contributed by atoms with Crippen molar-refractivity contribution in [3.8, 4) is 6.07 Å². The minimum atomic E-state index is 0.0447. The van der Waals surface area contributed by atoms with Crippen molar-refractivity contribution in [3.05, 3.63) is 35.0 Å². The highest BCUT2D eigenvalue weighted by atomic mass is 16.5. The Kier molecular flexibility index (Phi) is 4.26. The van der Waals surface area contributed by atoms with E-state index in [0.29, 0.717) is 17.4 Å². The molecular weight excluding hydrogens is 292 g/mol. The lowest BCUT2D eigenvalue weighted by Gasteiger charge is -2.20. The van der Waals surface area contributed by atoms with Gasteiger partial charge in [0.25, 0.3) is 0 Å². The molecule has 1 N–H and O–H groups in total. The summed E-state index contributed by atoms with van der Waals surface area (Å²) in [6.45, 7) is 5.57. The standard InChI is InChI=1S/C16H20N6O/c1-10-15(11(2)22(3)21-10)16-12(4-5-23-16)7-19-14-9-18-8-13(6-17)20-14/h8-9,12,16H,4-5,7H2,1-3H3,(H,19,20)/t12-,16+/m1/s1. The molecule has 0 radical (unpaired) electrons. The molecule has 3 rings (SSSR count). The first-order valence-corrected chi connectivity index (χ1v) is 7.68. The Hall–Kier alpha value is -2.46. The predicted molar refractivity (Wildman–Crippen MR) is 84.7 cm³/mol. The molecule has 2 aromatic heterocycles. The number of ether oxygens (including phenoxy) is 1. The van der Waals surface area contributed by atoms with Gasteiger partial charge in [-0.15, -0.1) is 0 Å². The van der Waals surface area contributed by atoms with Crippen molar-refractivity contribution in [2.45, 2.75) is 26.4 Å². The Morgan fingerprint density at radius 1 is 1.43 bits per heavy atom. The number of nitrogens with one attached hydrogen (secondary N) is 1. The third kappa shape index (κ3) is 3.03. The molecule has 0 aromatic carbocycles. The molecule has 0 aliphatic carbocycles. The largest absolute Gasteiger partial charge is 0.373 e.